The monoisotopic (exact) mass is 785 g/mol. The number of carboxylic acid groups (broad SMARTS) is 1. The Kier molecular flexibility index (Phi) is 11.2. The van der Waals surface area contributed by atoms with Gasteiger partial charge in [0.05, 0.1) is 38.1 Å². The van der Waals surface area contributed by atoms with E-state index in [4.69, 9.17) is 14.2 Å². The van der Waals surface area contributed by atoms with Crippen LogP contribution in [0.1, 0.15) is 97.1 Å². The average molecular weight is 786 g/mol. The van der Waals surface area contributed by atoms with E-state index in [-0.39, 0.29) is 60.9 Å². The molecule has 1 aromatic carbocycles. The largest absolute Gasteiger partial charge is 0.481 e. The van der Waals surface area contributed by atoms with E-state index in [2.05, 4.69) is 44.3 Å². The van der Waals surface area contributed by atoms with Crippen molar-refractivity contribution < 1.29 is 54.8 Å². The van der Waals surface area contributed by atoms with Crippen LogP contribution >= 0.6 is 0 Å². The van der Waals surface area contributed by atoms with E-state index >= 15 is 0 Å². The van der Waals surface area contributed by atoms with Crippen molar-refractivity contribution in [3.8, 4) is 0 Å². The molecule has 0 radical (unpaired) electrons. The minimum absolute atomic E-state index is 0.0329. The predicted octanol–water partition coefficient (Wildman–Crippen LogP) is 3.53. The summed E-state index contributed by atoms with van der Waals surface area (Å²) in [5.41, 5.74) is -0.495. The maximum Gasteiger partial charge on any atom is 0.312 e. The Morgan fingerprint density at radius 3 is 2.23 bits per heavy atom. The van der Waals surface area contributed by atoms with Crippen LogP contribution in [0.3, 0.4) is 0 Å². The summed E-state index contributed by atoms with van der Waals surface area (Å²) in [5, 5.41) is 79.4. The second-order valence-corrected chi connectivity index (χ2v) is 20.0. The van der Waals surface area contributed by atoms with Crippen molar-refractivity contribution >= 4 is 5.97 Å². The lowest BCUT2D eigenvalue weighted by Gasteiger charge is -2.72. The molecular formula is C44H67NO11. The van der Waals surface area contributed by atoms with Crippen molar-refractivity contribution in [2.75, 3.05) is 26.9 Å². The number of aliphatic carboxylic acids is 1. The summed E-state index contributed by atoms with van der Waals surface area (Å²) in [6.45, 7) is 11.5. The van der Waals surface area contributed by atoms with Crippen LogP contribution in [0.2, 0.25) is 0 Å². The molecule has 12 heteroatoms. The van der Waals surface area contributed by atoms with Crippen LogP contribution in [0.4, 0.5) is 0 Å². The van der Waals surface area contributed by atoms with Gasteiger partial charge in [0.15, 0.2) is 6.29 Å². The summed E-state index contributed by atoms with van der Waals surface area (Å²) in [4.78, 5) is 13.2. The number of aliphatic hydroxyl groups is 6. The fraction of sp³-hybridized carbons (Fsp3) is 0.795. The minimum Gasteiger partial charge on any atom is -0.481 e. The molecule has 5 fully saturated rings. The molecule has 8 N–H and O–H groups in total. The maximum absolute atomic E-state index is 13.2. The number of allylic oxidation sites excluding steroid dienone is 2. The van der Waals surface area contributed by atoms with Gasteiger partial charge in [-0.3, -0.25) is 4.79 Å². The van der Waals surface area contributed by atoms with Gasteiger partial charge in [-0.25, -0.2) is 0 Å². The first kappa shape index (κ1) is 42.2. The van der Waals surface area contributed by atoms with Gasteiger partial charge in [-0.2, -0.15) is 0 Å². The van der Waals surface area contributed by atoms with Gasteiger partial charge in [-0.15, -0.1) is 0 Å². The minimum atomic E-state index is -1.50. The zero-order chi connectivity index (χ0) is 40.6. The lowest BCUT2D eigenvalue weighted by Crippen LogP contribution is -2.70. The quantitative estimate of drug-likeness (QED) is 0.127. The molecule has 1 heterocycles. The fourth-order valence-corrected chi connectivity index (χ4v) is 13.5. The highest BCUT2D eigenvalue weighted by molar-refractivity contribution is 5.77. The Morgan fingerprint density at radius 1 is 0.893 bits per heavy atom. The van der Waals surface area contributed by atoms with E-state index in [1.54, 1.807) is 0 Å². The molecule has 7 rings (SSSR count). The van der Waals surface area contributed by atoms with Crippen molar-refractivity contribution in [1.82, 2.24) is 5.32 Å². The summed E-state index contributed by atoms with van der Waals surface area (Å²) < 4.78 is 19.3. The Bertz CT molecular complexity index is 1640. The van der Waals surface area contributed by atoms with Gasteiger partial charge in [0.25, 0.3) is 0 Å². The van der Waals surface area contributed by atoms with Crippen LogP contribution in [0.15, 0.2) is 35.9 Å². The van der Waals surface area contributed by atoms with Gasteiger partial charge in [0.1, 0.15) is 23.7 Å². The van der Waals surface area contributed by atoms with E-state index in [1.807, 2.05) is 33.0 Å². The first-order chi connectivity index (χ1) is 26.4. The molecule has 6 aliphatic rings. The van der Waals surface area contributed by atoms with Gasteiger partial charge in [0, 0.05) is 18.6 Å². The van der Waals surface area contributed by atoms with Crippen molar-refractivity contribution in [2.24, 2.45) is 50.2 Å². The lowest BCUT2D eigenvalue weighted by atomic mass is 9.33. The first-order valence-electron chi connectivity index (χ1n) is 20.9. The molecule has 1 aromatic rings. The fourth-order valence-electron chi connectivity index (χ4n) is 13.5. The third-order valence-electron chi connectivity index (χ3n) is 16.9. The van der Waals surface area contributed by atoms with E-state index in [0.29, 0.717) is 32.1 Å². The Morgan fingerprint density at radius 2 is 1.59 bits per heavy atom. The number of hydrogen-bond acceptors (Lipinski definition) is 11. The topological polar surface area (TPSA) is 198 Å². The maximum atomic E-state index is 13.2. The summed E-state index contributed by atoms with van der Waals surface area (Å²) in [5.74, 6) is -1.26. The number of carboxylic acids is 1. The predicted molar refractivity (Wildman–Crippen MR) is 207 cm³/mol. The number of fused-ring (bicyclic) bond motifs is 7. The number of aliphatic hydroxyl groups excluding tert-OH is 6. The third-order valence-corrected chi connectivity index (χ3v) is 16.9. The van der Waals surface area contributed by atoms with Gasteiger partial charge in [-0.1, -0.05) is 70.5 Å². The zero-order valence-electron chi connectivity index (χ0n) is 34.1. The zero-order valence-corrected chi connectivity index (χ0v) is 34.1. The van der Waals surface area contributed by atoms with Crippen molar-refractivity contribution in [3.05, 3.63) is 47.0 Å². The number of ether oxygens (including phenoxy) is 3. The number of benzene rings is 1. The van der Waals surface area contributed by atoms with Gasteiger partial charge < -0.3 is 55.3 Å². The SMILES string of the molecule is CNCc1ccc(CO[C@@H]2C[C@@]3(C)[C@H](CC[C@]4(C)[C@@H]3CC=C3[C@@H]5C[C@@](C)(CO)C[C@@H](O)[C@]5(C(=O)O)CC[C@]34C)[C@](C)(CO)[C@@H]2O[C@@H]2OC[C@@H](O)[C@H](O)[C@H]2O)cc1. The molecule has 0 amide bonds. The molecular weight excluding hydrogens is 718 g/mol. The van der Waals surface area contributed by atoms with Crippen LogP contribution in [0, 0.1) is 50.2 Å². The summed E-state index contributed by atoms with van der Waals surface area (Å²) in [6.07, 6.45) is -0.845. The molecule has 56 heavy (non-hydrogen) atoms. The van der Waals surface area contributed by atoms with Crippen LogP contribution < -0.4 is 5.32 Å². The smallest absolute Gasteiger partial charge is 0.312 e. The van der Waals surface area contributed by atoms with Crippen LogP contribution in [-0.4, -0.2) is 111 Å². The Balaban J connectivity index is 1.27. The highest BCUT2D eigenvalue weighted by atomic mass is 16.7. The van der Waals surface area contributed by atoms with E-state index < -0.39 is 71.0 Å². The molecule has 12 nitrogen and oxygen atoms in total. The summed E-state index contributed by atoms with van der Waals surface area (Å²) >= 11 is 0. The molecule has 1 aliphatic heterocycles. The molecule has 1 saturated heterocycles. The molecule has 0 bridgehead atoms. The van der Waals surface area contributed by atoms with Gasteiger partial charge >= 0.3 is 5.97 Å². The summed E-state index contributed by atoms with van der Waals surface area (Å²) in [6, 6.07) is 8.22. The molecule has 4 saturated carbocycles. The first-order valence-corrected chi connectivity index (χ1v) is 20.9. The number of carbonyl (C=O) groups is 1. The number of hydrogen-bond donors (Lipinski definition) is 8. The van der Waals surface area contributed by atoms with Crippen molar-refractivity contribution in [2.45, 2.75) is 142 Å². The van der Waals surface area contributed by atoms with E-state index in [1.165, 1.54) is 0 Å². The second kappa shape index (κ2) is 14.9. The molecule has 0 spiro atoms. The van der Waals surface area contributed by atoms with Crippen LogP contribution in [0.25, 0.3) is 0 Å². The van der Waals surface area contributed by atoms with Gasteiger partial charge in [0.2, 0.25) is 0 Å². The Hall–Kier alpha value is -1.97. The van der Waals surface area contributed by atoms with Crippen molar-refractivity contribution in [3.63, 3.8) is 0 Å². The average Bonchev–Trinajstić information content (AvgIpc) is 3.16. The van der Waals surface area contributed by atoms with Crippen LogP contribution in [0.5, 0.6) is 0 Å². The third kappa shape index (κ3) is 6.27. The molecule has 5 aliphatic carbocycles. The highest BCUT2D eigenvalue weighted by Crippen LogP contribution is 2.76. The molecule has 16 atom stereocenters. The van der Waals surface area contributed by atoms with Crippen molar-refractivity contribution in [1.29, 1.82) is 0 Å². The van der Waals surface area contributed by atoms with Gasteiger partial charge in [-0.05, 0) is 109 Å². The normalized spacial score (nSPS) is 48.8. The molecule has 0 aromatic heterocycles. The molecule has 0 unspecified atom stereocenters. The molecule has 314 valence electrons. The Labute approximate surface area is 331 Å². The summed E-state index contributed by atoms with van der Waals surface area (Å²) in [7, 11) is 1.91. The van der Waals surface area contributed by atoms with Crippen LogP contribution in [-0.2, 0) is 32.2 Å². The van der Waals surface area contributed by atoms with E-state index in [0.717, 1.165) is 36.1 Å². The lowest BCUT2D eigenvalue weighted by molar-refractivity contribution is -0.332. The number of rotatable bonds is 10. The number of nitrogens with one attached hydrogen (secondary N) is 1. The highest BCUT2D eigenvalue weighted by Gasteiger charge is 2.72. The standard InChI is InChI=1S/C44H67NO11/c1-39(23-46)17-28-27-11-12-32-40(2)18-30(54-21-26-9-7-25(8-10-26)20-45-6)36(56-37-35(51)34(50)29(48)22-55-37)41(3,24-47)31(40)13-14-43(32,5)42(27,4)15-16-44(28,38(52)53)33(49)19-39/h7-11,28-37,45-51H,12-24H2,1-6H3,(H,52,53)/t28-,29+,30+,31-,32+,33+,34-,35+,36+,37-,39+,40-,41-,42+,43+,44-/m0/s1. The second-order valence-electron chi connectivity index (χ2n) is 20.0. The van der Waals surface area contributed by atoms with E-state index in [9.17, 15) is 40.5 Å².